The summed E-state index contributed by atoms with van der Waals surface area (Å²) in [7, 11) is -4.05. The Kier molecular flexibility index (Phi) is 5.66. The van der Waals surface area contributed by atoms with Crippen molar-refractivity contribution >= 4 is 44.1 Å². The largest absolute Gasteiger partial charge is 0.295 e. The third-order valence-electron chi connectivity index (χ3n) is 5.00. The molecule has 162 valence electrons. The van der Waals surface area contributed by atoms with Crippen LogP contribution in [0.5, 0.6) is 0 Å². The standard InChI is InChI=1S/C23H16ClFN2O4S/c1-14(28)16-7-9-18(10-8-16)32(30,31)27-21-11-15(5-6-17(21)13-26-27)12-22(29)23-19(24)3-2-4-20(23)25/h2-11,13H,12H2,1H3. The number of carbonyl (C=O) groups is 2. The molecule has 0 aliphatic rings. The maximum absolute atomic E-state index is 14.1. The fourth-order valence-electron chi connectivity index (χ4n) is 3.34. The molecule has 1 aromatic heterocycles. The zero-order valence-corrected chi connectivity index (χ0v) is 18.3. The van der Waals surface area contributed by atoms with E-state index in [0.29, 0.717) is 16.5 Å². The Labute approximate surface area is 188 Å². The number of ketones is 2. The summed E-state index contributed by atoms with van der Waals surface area (Å²) < 4.78 is 41.2. The molecule has 0 N–H and O–H groups in total. The Bertz CT molecular complexity index is 1460. The molecule has 0 fully saturated rings. The Balaban J connectivity index is 1.71. The fourth-order valence-corrected chi connectivity index (χ4v) is 4.88. The molecule has 32 heavy (non-hydrogen) atoms. The van der Waals surface area contributed by atoms with Crippen LogP contribution in [0.2, 0.25) is 5.02 Å². The predicted octanol–water partition coefficient (Wildman–Crippen LogP) is 4.69. The summed E-state index contributed by atoms with van der Waals surface area (Å²) in [6, 6.07) is 14.4. The number of carbonyl (C=O) groups excluding carboxylic acids is 2. The van der Waals surface area contributed by atoms with Crippen molar-refractivity contribution in [3.63, 3.8) is 0 Å². The van der Waals surface area contributed by atoms with Gasteiger partial charge in [0.25, 0.3) is 10.0 Å². The number of aromatic nitrogens is 2. The molecule has 4 aromatic rings. The molecule has 3 aromatic carbocycles. The first-order chi connectivity index (χ1) is 15.2. The topological polar surface area (TPSA) is 86.1 Å². The molecule has 0 bridgehead atoms. The second-order valence-electron chi connectivity index (χ2n) is 7.16. The zero-order valence-electron chi connectivity index (χ0n) is 16.7. The van der Waals surface area contributed by atoms with Gasteiger partial charge >= 0.3 is 0 Å². The SMILES string of the molecule is CC(=O)c1ccc(S(=O)(=O)n2ncc3ccc(CC(=O)c4c(F)cccc4Cl)cc32)cc1. The lowest BCUT2D eigenvalue weighted by Crippen LogP contribution is -2.14. The normalized spacial score (nSPS) is 11.6. The van der Waals surface area contributed by atoms with Gasteiger partial charge in [-0.2, -0.15) is 17.6 Å². The van der Waals surface area contributed by atoms with Gasteiger partial charge in [0.2, 0.25) is 0 Å². The monoisotopic (exact) mass is 470 g/mol. The van der Waals surface area contributed by atoms with Gasteiger partial charge in [0.05, 0.1) is 27.2 Å². The van der Waals surface area contributed by atoms with E-state index in [1.165, 1.54) is 55.6 Å². The first kappa shape index (κ1) is 21.9. The number of fused-ring (bicyclic) bond motifs is 1. The van der Waals surface area contributed by atoms with Crippen LogP contribution < -0.4 is 0 Å². The van der Waals surface area contributed by atoms with Crippen LogP contribution >= 0.6 is 11.6 Å². The van der Waals surface area contributed by atoms with Crippen molar-refractivity contribution in [2.75, 3.05) is 0 Å². The third kappa shape index (κ3) is 3.94. The molecule has 0 radical (unpaired) electrons. The summed E-state index contributed by atoms with van der Waals surface area (Å²) in [4.78, 5) is 24.0. The van der Waals surface area contributed by atoms with Gasteiger partial charge in [-0.25, -0.2) is 4.39 Å². The Morgan fingerprint density at radius 1 is 1.06 bits per heavy atom. The zero-order chi connectivity index (χ0) is 23.0. The fraction of sp³-hybridized carbons (Fsp3) is 0.0870. The van der Waals surface area contributed by atoms with Crippen LogP contribution in [0, 0.1) is 5.82 Å². The Hall–Kier alpha value is -3.36. The van der Waals surface area contributed by atoms with E-state index in [2.05, 4.69) is 5.10 Å². The summed E-state index contributed by atoms with van der Waals surface area (Å²) in [5.74, 6) is -1.42. The number of halogens is 2. The van der Waals surface area contributed by atoms with Crippen molar-refractivity contribution < 1.29 is 22.4 Å². The van der Waals surface area contributed by atoms with Gasteiger partial charge < -0.3 is 0 Å². The van der Waals surface area contributed by atoms with Crippen LogP contribution in [0.4, 0.5) is 4.39 Å². The maximum atomic E-state index is 14.1. The molecule has 0 unspecified atom stereocenters. The van der Waals surface area contributed by atoms with Gasteiger partial charge in [0.1, 0.15) is 5.82 Å². The van der Waals surface area contributed by atoms with Gasteiger partial charge in [0.15, 0.2) is 11.6 Å². The lowest BCUT2D eigenvalue weighted by atomic mass is 10.0. The highest BCUT2D eigenvalue weighted by Gasteiger charge is 2.22. The summed E-state index contributed by atoms with van der Waals surface area (Å²) in [5, 5.41) is 4.57. The lowest BCUT2D eigenvalue weighted by molar-refractivity contribution is 0.0986. The van der Waals surface area contributed by atoms with Gasteiger partial charge in [-0.15, -0.1) is 0 Å². The molecule has 9 heteroatoms. The number of Topliss-reactive ketones (excluding diaryl/α,β-unsaturated/α-hetero) is 2. The minimum atomic E-state index is -4.05. The molecular formula is C23H16ClFN2O4S. The highest BCUT2D eigenvalue weighted by atomic mass is 35.5. The molecule has 1 heterocycles. The Morgan fingerprint density at radius 2 is 1.78 bits per heavy atom. The van der Waals surface area contributed by atoms with Crippen LogP contribution in [-0.4, -0.2) is 29.2 Å². The Morgan fingerprint density at radius 3 is 2.44 bits per heavy atom. The highest BCUT2D eigenvalue weighted by Crippen LogP contribution is 2.24. The van der Waals surface area contributed by atoms with E-state index in [0.717, 1.165) is 10.2 Å². The molecule has 6 nitrogen and oxygen atoms in total. The molecule has 0 spiro atoms. The minimum absolute atomic E-state index is 0.0118. The average molecular weight is 471 g/mol. The van der Waals surface area contributed by atoms with Crippen LogP contribution in [-0.2, 0) is 16.4 Å². The number of hydrogen-bond acceptors (Lipinski definition) is 5. The van der Waals surface area contributed by atoms with E-state index in [9.17, 15) is 22.4 Å². The number of nitrogens with zero attached hydrogens (tertiary/aromatic N) is 2. The van der Waals surface area contributed by atoms with E-state index in [1.54, 1.807) is 12.1 Å². The van der Waals surface area contributed by atoms with E-state index in [1.807, 2.05) is 0 Å². The molecule has 0 aliphatic heterocycles. The molecule has 4 rings (SSSR count). The molecule has 0 saturated heterocycles. The van der Waals surface area contributed by atoms with Crippen LogP contribution in [0.25, 0.3) is 10.9 Å². The van der Waals surface area contributed by atoms with Crippen molar-refractivity contribution in [1.82, 2.24) is 9.19 Å². The second kappa shape index (κ2) is 8.29. The summed E-state index contributed by atoms with van der Waals surface area (Å²) in [6.07, 6.45) is 1.23. The maximum Gasteiger partial charge on any atom is 0.283 e. The van der Waals surface area contributed by atoms with Crippen molar-refractivity contribution in [2.24, 2.45) is 0 Å². The van der Waals surface area contributed by atoms with Gasteiger partial charge in [-0.3, -0.25) is 9.59 Å². The molecule has 0 amide bonds. The minimum Gasteiger partial charge on any atom is -0.295 e. The van der Waals surface area contributed by atoms with E-state index in [4.69, 9.17) is 11.6 Å². The van der Waals surface area contributed by atoms with Crippen molar-refractivity contribution in [3.8, 4) is 0 Å². The second-order valence-corrected chi connectivity index (χ2v) is 9.34. The molecule has 0 saturated carbocycles. The van der Waals surface area contributed by atoms with Crippen LogP contribution in [0.3, 0.4) is 0 Å². The van der Waals surface area contributed by atoms with E-state index >= 15 is 0 Å². The summed E-state index contributed by atoms with van der Waals surface area (Å²) in [5.41, 5.74) is 0.930. The molecule has 0 aliphatic carbocycles. The predicted molar refractivity (Wildman–Crippen MR) is 118 cm³/mol. The van der Waals surface area contributed by atoms with Gasteiger partial charge in [0, 0.05) is 17.4 Å². The molecule has 0 atom stereocenters. The van der Waals surface area contributed by atoms with Crippen LogP contribution in [0.1, 0.15) is 33.2 Å². The van der Waals surface area contributed by atoms with Crippen LogP contribution in [0.15, 0.2) is 71.8 Å². The first-order valence-electron chi connectivity index (χ1n) is 9.49. The lowest BCUT2D eigenvalue weighted by Gasteiger charge is -2.08. The van der Waals surface area contributed by atoms with Gasteiger partial charge in [-0.05, 0) is 42.8 Å². The summed E-state index contributed by atoms with van der Waals surface area (Å²) >= 11 is 5.98. The van der Waals surface area contributed by atoms with E-state index < -0.39 is 21.6 Å². The number of benzene rings is 3. The quantitative estimate of drug-likeness (QED) is 0.381. The average Bonchev–Trinajstić information content (AvgIpc) is 3.18. The number of hydrogen-bond donors (Lipinski definition) is 0. The smallest absolute Gasteiger partial charge is 0.283 e. The highest BCUT2D eigenvalue weighted by molar-refractivity contribution is 7.90. The molecular weight excluding hydrogens is 455 g/mol. The van der Waals surface area contributed by atoms with E-state index in [-0.39, 0.29) is 33.2 Å². The third-order valence-corrected chi connectivity index (χ3v) is 6.92. The first-order valence-corrected chi connectivity index (χ1v) is 11.3. The van der Waals surface area contributed by atoms with Crippen molar-refractivity contribution in [3.05, 3.63) is 94.4 Å². The summed E-state index contributed by atoms with van der Waals surface area (Å²) in [6.45, 7) is 1.39. The van der Waals surface area contributed by atoms with Crippen molar-refractivity contribution in [1.29, 1.82) is 0 Å². The van der Waals surface area contributed by atoms with Gasteiger partial charge in [-0.1, -0.05) is 41.9 Å². The number of rotatable bonds is 6. The van der Waals surface area contributed by atoms with Crippen molar-refractivity contribution in [2.45, 2.75) is 18.2 Å².